The van der Waals surface area contributed by atoms with Gasteiger partial charge in [0, 0.05) is 39.9 Å². The summed E-state index contributed by atoms with van der Waals surface area (Å²) in [6, 6.07) is 23.1. The minimum atomic E-state index is -0.0743. The number of hydrogen-bond acceptors (Lipinski definition) is 1. The number of aromatic nitrogens is 1. The van der Waals surface area contributed by atoms with Crippen LogP contribution >= 0.6 is 0 Å². The van der Waals surface area contributed by atoms with E-state index in [1.165, 1.54) is 55.7 Å². The predicted molar refractivity (Wildman–Crippen MR) is 190 cm³/mol. The van der Waals surface area contributed by atoms with Gasteiger partial charge in [-0.05, 0) is 107 Å². The van der Waals surface area contributed by atoms with E-state index in [4.69, 9.17) is 0 Å². The zero-order valence-corrected chi connectivity index (χ0v) is 26.7. The molecule has 3 aliphatic rings. The predicted octanol–water partition coefficient (Wildman–Crippen LogP) is 10.8. The molecule has 3 aromatic carbocycles. The van der Waals surface area contributed by atoms with Crippen molar-refractivity contribution in [3.8, 4) is 5.69 Å². The second-order valence-electron chi connectivity index (χ2n) is 13.0. The van der Waals surface area contributed by atoms with Crippen LogP contribution in [0.3, 0.4) is 0 Å². The van der Waals surface area contributed by atoms with Gasteiger partial charge in [0.25, 0.3) is 0 Å². The molecule has 0 amide bonds. The molecule has 0 saturated carbocycles. The molecule has 0 fully saturated rings. The highest BCUT2D eigenvalue weighted by Gasteiger charge is 2.44. The SMILES string of the molecule is C=C/C=C(\N=CC)c1ccc(C2C3=C(C=CC2C)c2cc(-n4c5c(c6ccccc64)CCC=C5)ccc2C3(C)C)c(CC)c1. The van der Waals surface area contributed by atoms with E-state index in [-0.39, 0.29) is 5.41 Å². The number of nitrogens with zero attached hydrogens (tertiary/aromatic N) is 2. The Morgan fingerprint density at radius 3 is 2.70 bits per heavy atom. The van der Waals surface area contributed by atoms with E-state index in [0.717, 1.165) is 30.5 Å². The monoisotopic (exact) mass is 574 g/mol. The lowest BCUT2D eigenvalue weighted by molar-refractivity contribution is 0.508. The number of benzene rings is 3. The van der Waals surface area contributed by atoms with Crippen LogP contribution in [0.2, 0.25) is 0 Å². The Bertz CT molecular complexity index is 1970. The van der Waals surface area contributed by atoms with Gasteiger partial charge in [0.15, 0.2) is 0 Å². The van der Waals surface area contributed by atoms with E-state index in [0.29, 0.717) is 11.8 Å². The van der Waals surface area contributed by atoms with Crippen molar-refractivity contribution in [2.24, 2.45) is 10.9 Å². The number of rotatable bonds is 6. The largest absolute Gasteiger partial charge is 0.310 e. The van der Waals surface area contributed by atoms with Crippen molar-refractivity contribution in [2.45, 2.75) is 65.2 Å². The molecular formula is C42H42N2. The number of aryl methyl sites for hydroxylation is 2. The smallest absolute Gasteiger partial charge is 0.0697 e. The minimum absolute atomic E-state index is 0.0743. The van der Waals surface area contributed by atoms with Crippen LogP contribution in [-0.2, 0) is 18.3 Å². The van der Waals surface area contributed by atoms with Gasteiger partial charge in [-0.1, -0.05) is 95.0 Å². The fraction of sp³-hybridized carbons (Fsp3) is 0.262. The highest BCUT2D eigenvalue weighted by molar-refractivity contribution is 5.93. The Morgan fingerprint density at radius 1 is 1.07 bits per heavy atom. The molecule has 3 aliphatic carbocycles. The van der Waals surface area contributed by atoms with Crippen LogP contribution in [0.4, 0.5) is 0 Å². The standard InChI is InChI=1S/C42H42N2/c1-7-14-37(43-9-3)29-20-23-31(28(8-2)25-29)40-27(4)19-22-34-35-26-30(21-24-36(35)42(5,6)41(34)40)44-38-17-12-10-15-32(38)33-16-11-13-18-39(33)44/h7,9-10,12-15,17-27,40H,1,8,11,16H2,2-6H3/b37-14-,43-9?. The summed E-state index contributed by atoms with van der Waals surface area (Å²) in [6.45, 7) is 15.4. The molecule has 0 bridgehead atoms. The van der Waals surface area contributed by atoms with Gasteiger partial charge in [0.2, 0.25) is 0 Å². The first kappa shape index (κ1) is 28.3. The topological polar surface area (TPSA) is 17.3 Å². The Kier molecular flexibility index (Phi) is 7.04. The second-order valence-corrected chi connectivity index (χ2v) is 13.0. The van der Waals surface area contributed by atoms with Crippen molar-refractivity contribution < 1.29 is 0 Å². The summed E-state index contributed by atoms with van der Waals surface area (Å²) in [7, 11) is 0. The summed E-state index contributed by atoms with van der Waals surface area (Å²) in [4.78, 5) is 4.63. The zero-order valence-electron chi connectivity index (χ0n) is 26.7. The molecule has 2 atom stereocenters. The average molecular weight is 575 g/mol. The summed E-state index contributed by atoms with van der Waals surface area (Å²) in [5, 5.41) is 1.38. The normalized spacial score (nSPS) is 20.3. The van der Waals surface area contributed by atoms with E-state index in [1.807, 2.05) is 25.3 Å². The van der Waals surface area contributed by atoms with E-state index < -0.39 is 0 Å². The minimum Gasteiger partial charge on any atom is -0.310 e. The first-order valence-corrected chi connectivity index (χ1v) is 16.2. The maximum absolute atomic E-state index is 4.63. The fourth-order valence-corrected chi connectivity index (χ4v) is 8.17. The lowest BCUT2D eigenvalue weighted by Gasteiger charge is -2.37. The highest BCUT2D eigenvalue weighted by atomic mass is 15.0. The Hall–Kier alpha value is -4.43. The van der Waals surface area contributed by atoms with Gasteiger partial charge in [-0.15, -0.1) is 0 Å². The summed E-state index contributed by atoms with van der Waals surface area (Å²) < 4.78 is 2.49. The molecule has 2 nitrogen and oxygen atoms in total. The van der Waals surface area contributed by atoms with Crippen molar-refractivity contribution in [1.82, 2.24) is 4.57 Å². The van der Waals surface area contributed by atoms with Gasteiger partial charge in [-0.2, -0.15) is 0 Å². The fourth-order valence-electron chi connectivity index (χ4n) is 8.17. The van der Waals surface area contributed by atoms with Crippen LogP contribution in [0.25, 0.3) is 33.9 Å². The van der Waals surface area contributed by atoms with Gasteiger partial charge in [-0.3, -0.25) is 4.99 Å². The van der Waals surface area contributed by atoms with Gasteiger partial charge in [0.1, 0.15) is 0 Å². The summed E-state index contributed by atoms with van der Waals surface area (Å²) in [6.07, 6.45) is 18.4. The molecule has 7 rings (SSSR count). The van der Waals surface area contributed by atoms with Crippen LogP contribution in [-0.4, -0.2) is 10.8 Å². The highest BCUT2D eigenvalue weighted by Crippen LogP contribution is 2.57. The van der Waals surface area contributed by atoms with Crippen molar-refractivity contribution in [3.05, 3.63) is 142 Å². The average Bonchev–Trinajstić information content (AvgIpc) is 3.49. The zero-order chi connectivity index (χ0) is 30.6. The van der Waals surface area contributed by atoms with E-state index in [1.54, 1.807) is 5.57 Å². The van der Waals surface area contributed by atoms with Crippen molar-refractivity contribution in [1.29, 1.82) is 0 Å². The van der Waals surface area contributed by atoms with Crippen LogP contribution in [0, 0.1) is 5.92 Å². The molecule has 44 heavy (non-hydrogen) atoms. The number of para-hydroxylation sites is 1. The number of allylic oxidation sites excluding steroid dienone is 7. The molecule has 1 aromatic heterocycles. The maximum atomic E-state index is 4.63. The number of aliphatic imine (C=N–C) groups is 1. The van der Waals surface area contributed by atoms with Crippen LogP contribution < -0.4 is 0 Å². The summed E-state index contributed by atoms with van der Waals surface area (Å²) in [5.41, 5.74) is 16.0. The first-order valence-electron chi connectivity index (χ1n) is 16.2. The third kappa shape index (κ3) is 4.26. The van der Waals surface area contributed by atoms with E-state index in [2.05, 4.69) is 129 Å². The Balaban J connectivity index is 1.39. The molecule has 0 saturated heterocycles. The third-order valence-corrected chi connectivity index (χ3v) is 10.1. The lowest BCUT2D eigenvalue weighted by Crippen LogP contribution is -2.27. The molecule has 220 valence electrons. The summed E-state index contributed by atoms with van der Waals surface area (Å²) in [5.74, 6) is 0.717. The van der Waals surface area contributed by atoms with Crippen LogP contribution in [0.1, 0.15) is 86.0 Å². The van der Waals surface area contributed by atoms with Crippen LogP contribution in [0.5, 0.6) is 0 Å². The molecule has 0 aliphatic heterocycles. The third-order valence-electron chi connectivity index (χ3n) is 10.1. The molecule has 4 aromatic rings. The number of fused-ring (bicyclic) bond motifs is 5. The molecule has 2 unspecified atom stereocenters. The lowest BCUT2D eigenvalue weighted by atomic mass is 9.67. The Morgan fingerprint density at radius 2 is 1.91 bits per heavy atom. The van der Waals surface area contributed by atoms with Crippen LogP contribution in [0.15, 0.2) is 108 Å². The second kappa shape index (κ2) is 10.9. The Labute approximate surface area is 262 Å². The molecule has 0 radical (unpaired) electrons. The molecule has 1 heterocycles. The molecule has 0 spiro atoms. The first-order chi connectivity index (χ1) is 21.4. The maximum Gasteiger partial charge on any atom is 0.0697 e. The molecular weight excluding hydrogens is 532 g/mol. The quantitative estimate of drug-likeness (QED) is 0.161. The van der Waals surface area contributed by atoms with E-state index in [9.17, 15) is 0 Å². The van der Waals surface area contributed by atoms with Gasteiger partial charge >= 0.3 is 0 Å². The van der Waals surface area contributed by atoms with Crippen molar-refractivity contribution in [2.75, 3.05) is 0 Å². The summed E-state index contributed by atoms with van der Waals surface area (Å²) >= 11 is 0. The van der Waals surface area contributed by atoms with E-state index >= 15 is 0 Å². The van der Waals surface area contributed by atoms with Crippen molar-refractivity contribution in [3.63, 3.8) is 0 Å². The van der Waals surface area contributed by atoms with Gasteiger partial charge in [0.05, 0.1) is 11.2 Å². The van der Waals surface area contributed by atoms with Gasteiger partial charge in [-0.25, -0.2) is 0 Å². The number of hydrogen-bond donors (Lipinski definition) is 0. The van der Waals surface area contributed by atoms with Gasteiger partial charge < -0.3 is 4.57 Å². The van der Waals surface area contributed by atoms with Crippen molar-refractivity contribution >= 4 is 34.5 Å². The molecule has 0 N–H and O–H groups in total. The molecule has 2 heteroatoms.